The molecule has 0 bridgehead atoms. The van der Waals surface area contributed by atoms with Crippen molar-refractivity contribution >= 4 is 34.4 Å². The number of carbonyl (C=O) groups excluding carboxylic acids is 1. The second-order valence-corrected chi connectivity index (χ2v) is 5.63. The quantitative estimate of drug-likeness (QED) is 0.800. The Morgan fingerprint density at radius 1 is 1.35 bits per heavy atom. The van der Waals surface area contributed by atoms with Gasteiger partial charge in [0.2, 0.25) is 0 Å². The predicted octanol–water partition coefficient (Wildman–Crippen LogP) is 2.54. The highest BCUT2D eigenvalue weighted by Gasteiger charge is 2.30. The van der Waals surface area contributed by atoms with E-state index in [9.17, 15) is 4.79 Å². The number of pyridine rings is 1. The average molecular weight is 294 g/mol. The van der Waals surface area contributed by atoms with Crippen LogP contribution in [0.25, 0.3) is 10.9 Å². The molecule has 0 spiro atoms. The number of aromatic nitrogens is 3. The Bertz CT molecular complexity index is 681. The van der Waals surface area contributed by atoms with E-state index in [0.29, 0.717) is 24.1 Å². The van der Waals surface area contributed by atoms with Crippen LogP contribution in [0.4, 0.5) is 10.6 Å². The van der Waals surface area contributed by atoms with Crippen LogP contribution in [0.5, 0.6) is 0 Å². The number of carbonyl (C=O) groups is 1. The van der Waals surface area contributed by atoms with Gasteiger partial charge < -0.3 is 4.90 Å². The first-order valence-electron chi connectivity index (χ1n) is 6.55. The molecule has 20 heavy (non-hydrogen) atoms. The lowest BCUT2D eigenvalue weighted by Gasteiger charge is -2.13. The third-order valence-corrected chi connectivity index (χ3v) is 3.71. The Hall–Kier alpha value is -1.82. The van der Waals surface area contributed by atoms with Crippen LogP contribution in [-0.4, -0.2) is 45.8 Å². The van der Waals surface area contributed by atoms with E-state index in [1.54, 1.807) is 29.1 Å². The van der Waals surface area contributed by atoms with E-state index in [0.717, 1.165) is 10.9 Å². The van der Waals surface area contributed by atoms with Crippen molar-refractivity contribution in [3.8, 4) is 0 Å². The zero-order valence-electron chi connectivity index (χ0n) is 11.7. The standard InChI is InChI=1S/C13H16ClN5O/c1-8(2)19-10-6-11(14)15-7-9(10)12(16-19)18-5-4-17(3)13(18)20/h6-8H,4-5H2,1-3H3. The maximum atomic E-state index is 12.2. The highest BCUT2D eigenvalue weighted by molar-refractivity contribution is 6.30. The summed E-state index contributed by atoms with van der Waals surface area (Å²) in [7, 11) is 1.79. The van der Waals surface area contributed by atoms with Crippen molar-refractivity contribution < 1.29 is 4.79 Å². The van der Waals surface area contributed by atoms with Crippen LogP contribution in [0.2, 0.25) is 5.15 Å². The topological polar surface area (TPSA) is 54.3 Å². The molecule has 1 aliphatic heterocycles. The van der Waals surface area contributed by atoms with Crippen molar-refractivity contribution in [2.45, 2.75) is 19.9 Å². The molecule has 2 aromatic heterocycles. The van der Waals surface area contributed by atoms with E-state index >= 15 is 0 Å². The molecular weight excluding hydrogens is 278 g/mol. The summed E-state index contributed by atoms with van der Waals surface area (Å²) < 4.78 is 1.88. The lowest BCUT2D eigenvalue weighted by atomic mass is 10.3. The fraction of sp³-hybridized carbons (Fsp3) is 0.462. The molecule has 7 heteroatoms. The molecule has 2 amide bonds. The second kappa shape index (κ2) is 4.63. The molecule has 0 aliphatic carbocycles. The molecule has 0 unspecified atom stereocenters. The second-order valence-electron chi connectivity index (χ2n) is 5.24. The summed E-state index contributed by atoms with van der Waals surface area (Å²) in [6, 6.07) is 1.94. The molecule has 0 aromatic carbocycles. The first kappa shape index (κ1) is 13.2. The summed E-state index contributed by atoms with van der Waals surface area (Å²) >= 11 is 5.98. The molecule has 106 valence electrons. The van der Waals surface area contributed by atoms with Crippen LogP contribution >= 0.6 is 11.6 Å². The summed E-state index contributed by atoms with van der Waals surface area (Å²) in [6.45, 7) is 5.43. The zero-order valence-corrected chi connectivity index (χ0v) is 12.4. The van der Waals surface area contributed by atoms with Gasteiger partial charge in [0.1, 0.15) is 5.15 Å². The lowest BCUT2D eigenvalue weighted by molar-refractivity contribution is 0.229. The van der Waals surface area contributed by atoms with Crippen LogP contribution in [0.3, 0.4) is 0 Å². The minimum Gasteiger partial charge on any atom is -0.326 e. The molecule has 6 nitrogen and oxygen atoms in total. The number of urea groups is 1. The van der Waals surface area contributed by atoms with Crippen molar-refractivity contribution in [2.24, 2.45) is 0 Å². The minimum absolute atomic E-state index is 0.0322. The molecule has 1 aliphatic rings. The maximum Gasteiger partial charge on any atom is 0.325 e. The van der Waals surface area contributed by atoms with Gasteiger partial charge >= 0.3 is 6.03 Å². The largest absolute Gasteiger partial charge is 0.326 e. The first-order chi connectivity index (χ1) is 9.49. The maximum absolute atomic E-state index is 12.2. The van der Waals surface area contributed by atoms with Crippen LogP contribution in [0, 0.1) is 0 Å². The van der Waals surface area contributed by atoms with Gasteiger partial charge in [0.15, 0.2) is 5.82 Å². The van der Waals surface area contributed by atoms with Gasteiger partial charge in [-0.3, -0.25) is 9.58 Å². The number of halogens is 1. The first-order valence-corrected chi connectivity index (χ1v) is 6.93. The Labute approximate surface area is 121 Å². The van der Waals surface area contributed by atoms with Crippen molar-refractivity contribution in [1.82, 2.24) is 19.7 Å². The molecule has 0 N–H and O–H groups in total. The van der Waals surface area contributed by atoms with Gasteiger partial charge in [-0.05, 0) is 13.8 Å². The third-order valence-electron chi connectivity index (χ3n) is 3.50. The molecule has 3 rings (SSSR count). The van der Waals surface area contributed by atoms with Gasteiger partial charge in [-0.2, -0.15) is 5.10 Å². The van der Waals surface area contributed by atoms with Gasteiger partial charge in [-0.1, -0.05) is 11.6 Å². The monoisotopic (exact) mass is 293 g/mol. The van der Waals surface area contributed by atoms with Gasteiger partial charge in [0, 0.05) is 38.4 Å². The molecule has 0 saturated carbocycles. The zero-order chi connectivity index (χ0) is 14.4. The predicted molar refractivity (Wildman–Crippen MR) is 78.3 cm³/mol. The van der Waals surface area contributed by atoms with E-state index in [4.69, 9.17) is 11.6 Å². The summed E-state index contributed by atoms with van der Waals surface area (Å²) in [5.74, 6) is 0.659. The molecule has 1 fully saturated rings. The summed E-state index contributed by atoms with van der Waals surface area (Å²) in [5, 5.41) is 5.87. The Balaban J connectivity index is 2.19. The fourth-order valence-electron chi connectivity index (χ4n) is 2.43. The Morgan fingerprint density at radius 3 is 2.70 bits per heavy atom. The van der Waals surface area contributed by atoms with Gasteiger partial charge in [-0.25, -0.2) is 9.78 Å². The molecule has 2 aromatic rings. The Kier molecular flexibility index (Phi) is 3.05. The number of hydrogen-bond donors (Lipinski definition) is 0. The van der Waals surface area contributed by atoms with Crippen molar-refractivity contribution in [3.63, 3.8) is 0 Å². The van der Waals surface area contributed by atoms with E-state index in [2.05, 4.69) is 10.1 Å². The summed E-state index contributed by atoms with van der Waals surface area (Å²) in [5.41, 5.74) is 0.900. The molecule has 0 atom stereocenters. The summed E-state index contributed by atoms with van der Waals surface area (Å²) in [6.07, 6.45) is 1.68. The van der Waals surface area contributed by atoms with E-state index < -0.39 is 0 Å². The van der Waals surface area contributed by atoms with Crippen LogP contribution in [0.15, 0.2) is 12.3 Å². The van der Waals surface area contributed by atoms with Crippen LogP contribution < -0.4 is 4.90 Å². The Morgan fingerprint density at radius 2 is 2.10 bits per heavy atom. The smallest absolute Gasteiger partial charge is 0.325 e. The number of nitrogens with zero attached hydrogens (tertiary/aromatic N) is 5. The van der Waals surface area contributed by atoms with E-state index in [1.165, 1.54) is 0 Å². The van der Waals surface area contributed by atoms with E-state index in [-0.39, 0.29) is 12.1 Å². The summed E-state index contributed by atoms with van der Waals surface area (Å²) in [4.78, 5) is 19.6. The third kappa shape index (κ3) is 1.91. The molecule has 3 heterocycles. The van der Waals surface area contributed by atoms with Crippen LogP contribution in [0.1, 0.15) is 19.9 Å². The number of likely N-dealkylation sites (N-methyl/N-ethyl adjacent to an activating group) is 1. The molecular formula is C13H16ClN5O. The highest BCUT2D eigenvalue weighted by atomic mass is 35.5. The van der Waals surface area contributed by atoms with Gasteiger partial charge in [0.05, 0.1) is 10.9 Å². The number of amides is 2. The molecule has 1 saturated heterocycles. The molecule has 0 radical (unpaired) electrons. The number of anilines is 1. The number of rotatable bonds is 2. The number of hydrogen-bond acceptors (Lipinski definition) is 3. The number of fused-ring (bicyclic) bond motifs is 1. The minimum atomic E-state index is -0.0322. The van der Waals surface area contributed by atoms with Gasteiger partial charge in [0.25, 0.3) is 0 Å². The highest BCUT2D eigenvalue weighted by Crippen LogP contribution is 2.30. The van der Waals surface area contributed by atoms with Crippen molar-refractivity contribution in [1.29, 1.82) is 0 Å². The van der Waals surface area contributed by atoms with Crippen molar-refractivity contribution in [2.75, 3.05) is 25.0 Å². The van der Waals surface area contributed by atoms with Crippen molar-refractivity contribution in [3.05, 3.63) is 17.4 Å². The fourth-order valence-corrected chi connectivity index (χ4v) is 2.58. The van der Waals surface area contributed by atoms with E-state index in [1.807, 2.05) is 18.5 Å². The average Bonchev–Trinajstić information content (AvgIpc) is 2.91. The normalized spacial score (nSPS) is 15.9. The van der Waals surface area contributed by atoms with Gasteiger partial charge in [-0.15, -0.1) is 0 Å². The van der Waals surface area contributed by atoms with Crippen LogP contribution in [-0.2, 0) is 0 Å². The SMILES string of the molecule is CC(C)n1nc(N2CCN(C)C2=O)c2cnc(Cl)cc21. The lowest BCUT2D eigenvalue weighted by Crippen LogP contribution is -2.29.